The zero-order valence-electron chi connectivity index (χ0n) is 11.2. The Bertz CT molecular complexity index is 464. The number of hydrogen-bond donors (Lipinski definition) is 2. The molecule has 1 fully saturated rings. The molecule has 1 aliphatic heterocycles. The van der Waals surface area contributed by atoms with Gasteiger partial charge in [0, 0.05) is 23.3 Å². The van der Waals surface area contributed by atoms with Crippen molar-refractivity contribution in [2.45, 2.75) is 25.8 Å². The summed E-state index contributed by atoms with van der Waals surface area (Å²) >= 11 is 5.89. The molecule has 1 aromatic carbocycles. The van der Waals surface area contributed by atoms with Crippen LogP contribution >= 0.6 is 11.6 Å². The van der Waals surface area contributed by atoms with Crippen LogP contribution in [0, 0.1) is 6.92 Å². The molecule has 3 N–H and O–H groups in total. The molecule has 2 rings (SSSR count). The van der Waals surface area contributed by atoms with Crippen molar-refractivity contribution < 1.29 is 4.79 Å². The van der Waals surface area contributed by atoms with Crippen LogP contribution in [0.25, 0.3) is 0 Å². The fourth-order valence-corrected chi connectivity index (χ4v) is 2.62. The number of nitrogens with two attached hydrogens (primary N) is 1. The number of anilines is 1. The molecule has 19 heavy (non-hydrogen) atoms. The van der Waals surface area contributed by atoms with Gasteiger partial charge in [0.1, 0.15) is 0 Å². The number of rotatable bonds is 3. The molecular formula is C14H20ClN3O. The second kappa shape index (κ2) is 6.37. The number of carbonyl (C=O) groups excluding carboxylic acids is 1. The molecule has 0 radical (unpaired) electrons. The van der Waals surface area contributed by atoms with Gasteiger partial charge in [-0.25, -0.2) is 0 Å². The molecular weight excluding hydrogens is 262 g/mol. The van der Waals surface area contributed by atoms with E-state index in [9.17, 15) is 4.79 Å². The predicted octanol–water partition coefficient (Wildman–Crippen LogP) is 2.01. The van der Waals surface area contributed by atoms with Crippen LogP contribution in [0.2, 0.25) is 5.02 Å². The highest BCUT2D eigenvalue weighted by Crippen LogP contribution is 2.19. The van der Waals surface area contributed by atoms with Crippen LogP contribution in [0.3, 0.4) is 0 Å². The van der Waals surface area contributed by atoms with Gasteiger partial charge in [-0.05, 0) is 50.1 Å². The summed E-state index contributed by atoms with van der Waals surface area (Å²) in [5, 5.41) is 3.60. The Kier molecular flexibility index (Phi) is 4.80. The smallest absolute Gasteiger partial charge is 0.238 e. The molecule has 0 aromatic heterocycles. The van der Waals surface area contributed by atoms with Gasteiger partial charge in [-0.15, -0.1) is 0 Å². The van der Waals surface area contributed by atoms with E-state index in [0.29, 0.717) is 11.6 Å². The normalized spacial score (nSPS) is 20.3. The number of nitrogens with one attached hydrogen (secondary N) is 1. The second-order valence-corrected chi connectivity index (χ2v) is 5.58. The minimum atomic E-state index is -0.000442. The van der Waals surface area contributed by atoms with Crippen LogP contribution in [-0.4, -0.2) is 36.5 Å². The van der Waals surface area contributed by atoms with Gasteiger partial charge >= 0.3 is 0 Å². The first-order valence-electron chi connectivity index (χ1n) is 6.58. The molecule has 1 unspecified atom stereocenters. The zero-order valence-corrected chi connectivity index (χ0v) is 11.9. The molecule has 5 heteroatoms. The number of amides is 1. The van der Waals surface area contributed by atoms with Crippen molar-refractivity contribution in [2.24, 2.45) is 5.73 Å². The average Bonchev–Trinajstić information content (AvgIpc) is 2.33. The van der Waals surface area contributed by atoms with E-state index >= 15 is 0 Å². The molecule has 1 atom stereocenters. The van der Waals surface area contributed by atoms with Crippen molar-refractivity contribution >= 4 is 23.2 Å². The minimum absolute atomic E-state index is 0.000442. The van der Waals surface area contributed by atoms with Crippen molar-refractivity contribution in [3.8, 4) is 0 Å². The standard InChI is InChI=1S/C14H20ClN3O/c1-10-7-11(15)4-5-13(10)17-14(19)9-18-6-2-3-12(16)8-18/h4-5,7,12H,2-3,6,8-9,16H2,1H3,(H,17,19). The van der Waals surface area contributed by atoms with Crippen molar-refractivity contribution in [3.63, 3.8) is 0 Å². The van der Waals surface area contributed by atoms with Gasteiger partial charge < -0.3 is 11.1 Å². The van der Waals surface area contributed by atoms with Gasteiger partial charge in [0.2, 0.25) is 5.91 Å². The number of piperidine rings is 1. The van der Waals surface area contributed by atoms with E-state index < -0.39 is 0 Å². The topological polar surface area (TPSA) is 58.4 Å². The van der Waals surface area contributed by atoms with Crippen LogP contribution in [0.5, 0.6) is 0 Å². The fourth-order valence-electron chi connectivity index (χ4n) is 2.40. The molecule has 104 valence electrons. The molecule has 0 bridgehead atoms. The Morgan fingerprint density at radius 3 is 3.05 bits per heavy atom. The maximum Gasteiger partial charge on any atom is 0.238 e. The summed E-state index contributed by atoms with van der Waals surface area (Å²) < 4.78 is 0. The van der Waals surface area contributed by atoms with Crippen LogP contribution in [0.1, 0.15) is 18.4 Å². The zero-order chi connectivity index (χ0) is 13.8. The van der Waals surface area contributed by atoms with Crippen molar-refractivity contribution in [1.82, 2.24) is 4.90 Å². The van der Waals surface area contributed by atoms with Crippen LogP contribution in [0.15, 0.2) is 18.2 Å². The van der Waals surface area contributed by atoms with E-state index in [1.165, 1.54) is 0 Å². The number of likely N-dealkylation sites (tertiary alicyclic amines) is 1. The molecule has 1 aliphatic rings. The van der Waals surface area contributed by atoms with E-state index in [1.54, 1.807) is 6.07 Å². The third-order valence-electron chi connectivity index (χ3n) is 3.37. The van der Waals surface area contributed by atoms with E-state index in [-0.39, 0.29) is 11.9 Å². The lowest BCUT2D eigenvalue weighted by atomic mass is 10.1. The maximum atomic E-state index is 12.0. The molecule has 4 nitrogen and oxygen atoms in total. The molecule has 1 aromatic rings. The lowest BCUT2D eigenvalue weighted by Gasteiger charge is -2.30. The van der Waals surface area contributed by atoms with Crippen LogP contribution < -0.4 is 11.1 Å². The molecule has 0 spiro atoms. The Morgan fingerprint density at radius 2 is 2.37 bits per heavy atom. The first-order chi connectivity index (χ1) is 9.04. The van der Waals surface area contributed by atoms with Gasteiger partial charge in [-0.3, -0.25) is 9.69 Å². The van der Waals surface area contributed by atoms with E-state index in [1.807, 2.05) is 19.1 Å². The highest BCUT2D eigenvalue weighted by molar-refractivity contribution is 6.30. The third-order valence-corrected chi connectivity index (χ3v) is 3.61. The van der Waals surface area contributed by atoms with Gasteiger partial charge in [0.25, 0.3) is 0 Å². The molecule has 1 heterocycles. The summed E-state index contributed by atoms with van der Waals surface area (Å²) in [7, 11) is 0. The quantitative estimate of drug-likeness (QED) is 0.891. The molecule has 0 saturated carbocycles. The summed E-state index contributed by atoms with van der Waals surface area (Å²) in [6.45, 7) is 4.07. The lowest BCUT2D eigenvalue weighted by molar-refractivity contribution is -0.117. The largest absolute Gasteiger partial charge is 0.327 e. The highest BCUT2D eigenvalue weighted by Gasteiger charge is 2.18. The molecule has 1 amide bonds. The van der Waals surface area contributed by atoms with Gasteiger partial charge in [-0.2, -0.15) is 0 Å². The summed E-state index contributed by atoms with van der Waals surface area (Å²) in [6, 6.07) is 5.64. The highest BCUT2D eigenvalue weighted by atomic mass is 35.5. The average molecular weight is 282 g/mol. The van der Waals surface area contributed by atoms with Gasteiger partial charge in [0.15, 0.2) is 0 Å². The second-order valence-electron chi connectivity index (χ2n) is 5.14. The SMILES string of the molecule is Cc1cc(Cl)ccc1NC(=O)CN1CCCC(N)C1. The Balaban J connectivity index is 1.90. The van der Waals surface area contributed by atoms with Crippen molar-refractivity contribution in [2.75, 3.05) is 25.0 Å². The van der Waals surface area contributed by atoms with Crippen LogP contribution in [0.4, 0.5) is 5.69 Å². The monoisotopic (exact) mass is 281 g/mol. The number of halogens is 1. The van der Waals surface area contributed by atoms with Crippen molar-refractivity contribution in [3.05, 3.63) is 28.8 Å². The van der Waals surface area contributed by atoms with Crippen molar-refractivity contribution in [1.29, 1.82) is 0 Å². The first kappa shape index (κ1) is 14.3. The third kappa shape index (κ3) is 4.20. The van der Waals surface area contributed by atoms with Gasteiger partial charge in [0.05, 0.1) is 6.54 Å². The minimum Gasteiger partial charge on any atom is -0.327 e. The number of hydrogen-bond acceptors (Lipinski definition) is 3. The van der Waals surface area contributed by atoms with E-state index in [4.69, 9.17) is 17.3 Å². The number of carbonyl (C=O) groups is 1. The van der Waals surface area contributed by atoms with Crippen LogP contribution in [-0.2, 0) is 4.79 Å². The van der Waals surface area contributed by atoms with E-state index in [2.05, 4.69) is 10.2 Å². The lowest BCUT2D eigenvalue weighted by Crippen LogP contribution is -2.45. The maximum absolute atomic E-state index is 12.0. The number of aryl methyl sites for hydroxylation is 1. The summed E-state index contributed by atoms with van der Waals surface area (Å²) in [5.74, 6) is -0.000442. The van der Waals surface area contributed by atoms with Gasteiger partial charge in [-0.1, -0.05) is 11.6 Å². The Morgan fingerprint density at radius 1 is 1.58 bits per heavy atom. The molecule has 0 aliphatic carbocycles. The summed E-state index contributed by atoms with van der Waals surface area (Å²) in [6.07, 6.45) is 2.11. The van der Waals surface area contributed by atoms with E-state index in [0.717, 1.165) is 37.2 Å². The Hall–Kier alpha value is -1.10. The summed E-state index contributed by atoms with van der Waals surface area (Å²) in [4.78, 5) is 14.1. The summed E-state index contributed by atoms with van der Waals surface area (Å²) in [5.41, 5.74) is 7.69. The molecule has 1 saturated heterocycles. The Labute approximate surface area is 118 Å². The predicted molar refractivity (Wildman–Crippen MR) is 78.5 cm³/mol. The fraction of sp³-hybridized carbons (Fsp3) is 0.500. The number of benzene rings is 1. The number of nitrogens with zero attached hydrogens (tertiary/aromatic N) is 1. The first-order valence-corrected chi connectivity index (χ1v) is 6.96.